The van der Waals surface area contributed by atoms with E-state index in [0.29, 0.717) is 5.02 Å². The number of aryl methyl sites for hydroxylation is 2. The summed E-state index contributed by atoms with van der Waals surface area (Å²) in [6.45, 7) is 0. The highest BCUT2D eigenvalue weighted by Crippen LogP contribution is 2.30. The Bertz CT molecular complexity index is 570. The molecular formula is C14H19ClN4O. The number of ether oxygens (including phenoxy) is 1. The first-order valence-electron chi connectivity index (χ1n) is 6.41. The number of hydrogen-bond donors (Lipinski definition) is 2. The van der Waals surface area contributed by atoms with Crippen LogP contribution in [0.1, 0.15) is 23.9 Å². The molecule has 6 heteroatoms. The second kappa shape index (κ2) is 6.74. The van der Waals surface area contributed by atoms with Crippen molar-refractivity contribution in [2.45, 2.75) is 18.9 Å². The first-order valence-corrected chi connectivity index (χ1v) is 6.79. The minimum atomic E-state index is -0.0149. The number of methoxy groups -OCH3 is 1. The minimum Gasteiger partial charge on any atom is -0.496 e. The largest absolute Gasteiger partial charge is 0.496 e. The number of imidazole rings is 1. The van der Waals surface area contributed by atoms with Crippen LogP contribution in [0.3, 0.4) is 0 Å². The maximum Gasteiger partial charge on any atom is 0.125 e. The molecule has 0 aliphatic rings. The number of aromatic nitrogens is 2. The van der Waals surface area contributed by atoms with Crippen molar-refractivity contribution in [1.29, 1.82) is 0 Å². The molecule has 2 rings (SSSR count). The lowest BCUT2D eigenvalue weighted by Crippen LogP contribution is -2.29. The van der Waals surface area contributed by atoms with Crippen LogP contribution in [0.2, 0.25) is 5.02 Å². The van der Waals surface area contributed by atoms with Crippen LogP contribution in [0, 0.1) is 0 Å². The van der Waals surface area contributed by atoms with Gasteiger partial charge >= 0.3 is 0 Å². The van der Waals surface area contributed by atoms with Gasteiger partial charge in [0, 0.05) is 36.4 Å². The number of benzene rings is 1. The number of halogens is 1. The van der Waals surface area contributed by atoms with Crippen molar-refractivity contribution in [1.82, 2.24) is 15.0 Å². The first kappa shape index (κ1) is 14.8. The number of hydrazine groups is 1. The molecule has 2 aromatic rings. The molecule has 0 amide bonds. The highest BCUT2D eigenvalue weighted by atomic mass is 35.5. The fraction of sp³-hybridized carbons (Fsp3) is 0.357. The summed E-state index contributed by atoms with van der Waals surface area (Å²) in [4.78, 5) is 4.31. The van der Waals surface area contributed by atoms with Gasteiger partial charge in [0.05, 0.1) is 13.2 Å². The van der Waals surface area contributed by atoms with E-state index in [4.69, 9.17) is 22.2 Å². The highest BCUT2D eigenvalue weighted by Gasteiger charge is 2.16. The standard InChI is InChI=1S/C14H19ClN4O/c1-19-8-7-17-14(19)6-5-12(18-16)11-4-3-10(15)9-13(11)20-2/h3-4,7-9,12,18H,5-6,16H2,1-2H3. The van der Waals surface area contributed by atoms with Crippen molar-refractivity contribution in [3.05, 3.63) is 47.0 Å². The molecule has 0 aliphatic carbocycles. The maximum absolute atomic E-state index is 5.98. The lowest BCUT2D eigenvalue weighted by atomic mass is 10.0. The number of nitrogens with two attached hydrogens (primary N) is 1. The predicted molar refractivity (Wildman–Crippen MR) is 79.6 cm³/mol. The van der Waals surface area contributed by atoms with E-state index in [1.165, 1.54) is 0 Å². The smallest absolute Gasteiger partial charge is 0.125 e. The lowest BCUT2D eigenvalue weighted by Gasteiger charge is -2.19. The third kappa shape index (κ3) is 3.30. The summed E-state index contributed by atoms with van der Waals surface area (Å²) in [5, 5.41) is 0.644. The molecule has 0 fully saturated rings. The van der Waals surface area contributed by atoms with Gasteiger partial charge in [-0.15, -0.1) is 0 Å². The fourth-order valence-electron chi connectivity index (χ4n) is 2.21. The number of rotatable bonds is 6. The summed E-state index contributed by atoms with van der Waals surface area (Å²) in [7, 11) is 3.61. The molecule has 0 aliphatic heterocycles. The van der Waals surface area contributed by atoms with Crippen LogP contribution in [0.5, 0.6) is 5.75 Å². The lowest BCUT2D eigenvalue weighted by molar-refractivity contribution is 0.395. The van der Waals surface area contributed by atoms with Crippen LogP contribution < -0.4 is 16.0 Å². The van der Waals surface area contributed by atoms with Gasteiger partial charge in [0.15, 0.2) is 0 Å². The van der Waals surface area contributed by atoms with Crippen molar-refractivity contribution >= 4 is 11.6 Å². The Morgan fingerprint density at radius 3 is 2.90 bits per heavy atom. The van der Waals surface area contributed by atoms with E-state index in [9.17, 15) is 0 Å². The van der Waals surface area contributed by atoms with Crippen molar-refractivity contribution in [3.63, 3.8) is 0 Å². The van der Waals surface area contributed by atoms with Crippen LogP contribution in [0.25, 0.3) is 0 Å². The molecule has 1 unspecified atom stereocenters. The van der Waals surface area contributed by atoms with Crippen molar-refractivity contribution in [2.75, 3.05) is 7.11 Å². The Hall–Kier alpha value is -1.56. The van der Waals surface area contributed by atoms with Gasteiger partial charge in [-0.3, -0.25) is 11.3 Å². The monoisotopic (exact) mass is 294 g/mol. The van der Waals surface area contributed by atoms with Crippen molar-refractivity contribution < 1.29 is 4.74 Å². The summed E-state index contributed by atoms with van der Waals surface area (Å²) in [5.74, 6) is 7.44. The van der Waals surface area contributed by atoms with Crippen LogP contribution in [0.15, 0.2) is 30.6 Å². The zero-order chi connectivity index (χ0) is 14.5. The molecule has 1 atom stereocenters. The molecule has 1 heterocycles. The Morgan fingerprint density at radius 2 is 2.30 bits per heavy atom. The summed E-state index contributed by atoms with van der Waals surface area (Å²) in [5.41, 5.74) is 3.83. The summed E-state index contributed by atoms with van der Waals surface area (Å²) in [6.07, 6.45) is 5.37. The van der Waals surface area contributed by atoms with Gasteiger partial charge in [-0.25, -0.2) is 4.98 Å². The Morgan fingerprint density at radius 1 is 1.50 bits per heavy atom. The molecule has 5 nitrogen and oxygen atoms in total. The number of nitrogens with one attached hydrogen (secondary N) is 1. The van der Waals surface area contributed by atoms with Gasteiger partial charge in [0.25, 0.3) is 0 Å². The van der Waals surface area contributed by atoms with Gasteiger partial charge in [0.2, 0.25) is 0 Å². The second-order valence-corrected chi connectivity index (χ2v) is 5.04. The van der Waals surface area contributed by atoms with Crippen LogP contribution in [-0.4, -0.2) is 16.7 Å². The quantitative estimate of drug-likeness (QED) is 0.633. The molecule has 0 bridgehead atoms. The SMILES string of the molecule is COc1cc(Cl)ccc1C(CCc1nccn1C)NN. The van der Waals surface area contributed by atoms with E-state index in [0.717, 1.165) is 30.0 Å². The molecule has 1 aromatic carbocycles. The maximum atomic E-state index is 5.98. The summed E-state index contributed by atoms with van der Waals surface area (Å²) >= 11 is 5.98. The fourth-order valence-corrected chi connectivity index (χ4v) is 2.37. The van der Waals surface area contributed by atoms with E-state index in [2.05, 4.69) is 10.4 Å². The van der Waals surface area contributed by atoms with E-state index in [1.807, 2.05) is 29.9 Å². The topological polar surface area (TPSA) is 65.1 Å². The third-order valence-electron chi connectivity index (χ3n) is 3.35. The van der Waals surface area contributed by atoms with E-state index in [-0.39, 0.29) is 6.04 Å². The molecule has 0 saturated heterocycles. The Balaban J connectivity index is 2.14. The molecule has 0 spiro atoms. The van der Waals surface area contributed by atoms with Gasteiger partial charge in [-0.05, 0) is 18.6 Å². The molecule has 1 aromatic heterocycles. The Kier molecular flexibility index (Phi) is 5.00. The molecule has 0 radical (unpaired) electrons. The van der Waals surface area contributed by atoms with Crippen molar-refractivity contribution in [3.8, 4) is 5.75 Å². The number of hydrogen-bond acceptors (Lipinski definition) is 4. The zero-order valence-corrected chi connectivity index (χ0v) is 12.4. The van der Waals surface area contributed by atoms with Gasteiger partial charge in [0.1, 0.15) is 11.6 Å². The molecular weight excluding hydrogens is 276 g/mol. The summed E-state index contributed by atoms with van der Waals surface area (Å²) < 4.78 is 7.38. The first-order chi connectivity index (χ1) is 9.65. The van der Waals surface area contributed by atoms with Crippen LogP contribution in [-0.2, 0) is 13.5 Å². The Labute approximate surface area is 123 Å². The minimum absolute atomic E-state index is 0.0149. The second-order valence-electron chi connectivity index (χ2n) is 4.60. The third-order valence-corrected chi connectivity index (χ3v) is 3.58. The molecule has 108 valence electrons. The normalized spacial score (nSPS) is 12.4. The molecule has 0 saturated carbocycles. The zero-order valence-electron chi connectivity index (χ0n) is 11.6. The van der Waals surface area contributed by atoms with Gasteiger partial charge in [-0.2, -0.15) is 0 Å². The number of nitrogens with zero attached hydrogens (tertiary/aromatic N) is 2. The molecule has 3 N–H and O–H groups in total. The van der Waals surface area contributed by atoms with Crippen LogP contribution in [0.4, 0.5) is 0 Å². The van der Waals surface area contributed by atoms with Crippen molar-refractivity contribution in [2.24, 2.45) is 12.9 Å². The van der Waals surface area contributed by atoms with Gasteiger partial charge < -0.3 is 9.30 Å². The molecule has 20 heavy (non-hydrogen) atoms. The van der Waals surface area contributed by atoms with Gasteiger partial charge in [-0.1, -0.05) is 17.7 Å². The van der Waals surface area contributed by atoms with E-state index in [1.54, 1.807) is 19.4 Å². The average Bonchev–Trinajstić information content (AvgIpc) is 2.86. The van der Waals surface area contributed by atoms with E-state index < -0.39 is 0 Å². The predicted octanol–water partition coefficient (Wildman–Crippen LogP) is 2.22. The summed E-state index contributed by atoms with van der Waals surface area (Å²) in [6, 6.07) is 5.55. The van der Waals surface area contributed by atoms with E-state index >= 15 is 0 Å². The average molecular weight is 295 g/mol. The van der Waals surface area contributed by atoms with Crippen LogP contribution >= 0.6 is 11.6 Å². The highest BCUT2D eigenvalue weighted by molar-refractivity contribution is 6.30.